The Morgan fingerprint density at radius 1 is 0.619 bits per heavy atom. The molecule has 0 saturated carbocycles. The van der Waals surface area contributed by atoms with Crippen molar-refractivity contribution >= 4 is 0 Å². The molecule has 0 spiro atoms. The lowest BCUT2D eigenvalue weighted by atomic mass is 9.61. The van der Waals surface area contributed by atoms with E-state index in [9.17, 15) is 5.21 Å². The van der Waals surface area contributed by atoms with E-state index in [-0.39, 0.29) is 11.8 Å². The van der Waals surface area contributed by atoms with Gasteiger partial charge in [0.15, 0.2) is 12.4 Å². The molecule has 0 fully saturated rings. The summed E-state index contributed by atoms with van der Waals surface area (Å²) in [7, 11) is 0. The summed E-state index contributed by atoms with van der Waals surface area (Å²) >= 11 is 0. The van der Waals surface area contributed by atoms with Crippen LogP contribution in [-0.2, 0) is 0 Å². The maximum atomic E-state index is 11.8. The van der Waals surface area contributed by atoms with Gasteiger partial charge in [-0.2, -0.15) is 4.73 Å². The molecule has 0 radical (unpaired) electrons. The van der Waals surface area contributed by atoms with Gasteiger partial charge in [0.05, 0.1) is 0 Å². The summed E-state index contributed by atoms with van der Waals surface area (Å²) in [6.07, 6.45) is 3.36. The molecule has 0 amide bonds. The summed E-state index contributed by atoms with van der Waals surface area (Å²) in [5.41, 5.74) is 7.91. The van der Waals surface area contributed by atoms with Crippen molar-refractivity contribution in [3.05, 3.63) is 106 Å². The standard InChI is InChI=1S/C19H13NO/c21-20-10-9-16-17(11-20)19-14-7-3-1-5-12(14)18(16)13-6-2-4-8-15(13)19/h1-11,18-19H. The molecule has 21 heavy (non-hydrogen) atoms. The van der Waals surface area contributed by atoms with Crippen molar-refractivity contribution in [2.24, 2.45) is 0 Å². The van der Waals surface area contributed by atoms with Gasteiger partial charge in [0.2, 0.25) is 0 Å². The molecule has 0 N–H and O–H groups in total. The van der Waals surface area contributed by atoms with Gasteiger partial charge in [-0.1, -0.05) is 48.5 Å². The quantitative estimate of drug-likeness (QED) is 0.313. The molecule has 0 saturated heterocycles. The molecule has 0 atom stereocenters. The molecule has 1 heterocycles. The molecule has 6 rings (SSSR count). The molecule has 0 unspecified atom stereocenters. The predicted octanol–water partition coefficient (Wildman–Crippen LogP) is 3.31. The van der Waals surface area contributed by atoms with Crippen molar-refractivity contribution in [1.29, 1.82) is 0 Å². The van der Waals surface area contributed by atoms with Gasteiger partial charge in [-0.3, -0.25) is 0 Å². The molecule has 3 aliphatic carbocycles. The molecule has 100 valence electrons. The van der Waals surface area contributed by atoms with Crippen molar-refractivity contribution in [2.75, 3.05) is 0 Å². The molecule has 2 bridgehead atoms. The summed E-state index contributed by atoms with van der Waals surface area (Å²) in [4.78, 5) is 0. The Kier molecular flexibility index (Phi) is 1.97. The summed E-state index contributed by atoms with van der Waals surface area (Å²) in [6.45, 7) is 0. The van der Waals surface area contributed by atoms with Crippen LogP contribution < -0.4 is 4.73 Å². The number of pyridine rings is 1. The van der Waals surface area contributed by atoms with E-state index in [0.717, 1.165) is 10.3 Å². The molecule has 2 aromatic carbocycles. The summed E-state index contributed by atoms with van der Waals surface area (Å²) in [6, 6.07) is 19.3. The van der Waals surface area contributed by atoms with E-state index in [2.05, 4.69) is 48.5 Å². The van der Waals surface area contributed by atoms with Gasteiger partial charge in [-0.15, -0.1) is 0 Å². The van der Waals surface area contributed by atoms with Crippen LogP contribution in [0.15, 0.2) is 67.0 Å². The van der Waals surface area contributed by atoms with Crippen LogP contribution in [0.1, 0.15) is 45.2 Å². The van der Waals surface area contributed by atoms with Crippen molar-refractivity contribution in [3.63, 3.8) is 0 Å². The fraction of sp³-hybridized carbons (Fsp3) is 0.105. The van der Waals surface area contributed by atoms with E-state index in [0.29, 0.717) is 0 Å². The third-order valence-electron chi connectivity index (χ3n) is 4.86. The fourth-order valence-electron chi connectivity index (χ4n) is 4.09. The fourth-order valence-corrected chi connectivity index (χ4v) is 4.09. The van der Waals surface area contributed by atoms with Gasteiger partial charge in [0, 0.05) is 23.5 Å². The molecular formula is C19H13NO. The highest BCUT2D eigenvalue weighted by atomic mass is 16.5. The Hall–Kier alpha value is -2.61. The van der Waals surface area contributed by atoms with Crippen LogP contribution in [0.5, 0.6) is 0 Å². The van der Waals surface area contributed by atoms with Crippen molar-refractivity contribution < 1.29 is 4.73 Å². The summed E-state index contributed by atoms with van der Waals surface area (Å²) < 4.78 is 0.921. The van der Waals surface area contributed by atoms with Gasteiger partial charge in [0.1, 0.15) is 0 Å². The van der Waals surface area contributed by atoms with Gasteiger partial charge in [0.25, 0.3) is 0 Å². The lowest BCUT2D eigenvalue weighted by molar-refractivity contribution is -0.606. The van der Waals surface area contributed by atoms with E-state index in [1.165, 1.54) is 27.8 Å². The highest BCUT2D eigenvalue weighted by Crippen LogP contribution is 2.54. The van der Waals surface area contributed by atoms with E-state index in [4.69, 9.17) is 0 Å². The third kappa shape index (κ3) is 1.30. The lowest BCUT2D eigenvalue weighted by Crippen LogP contribution is -2.33. The Morgan fingerprint density at radius 2 is 1.05 bits per heavy atom. The highest BCUT2D eigenvalue weighted by Gasteiger charge is 2.42. The van der Waals surface area contributed by atoms with Crippen LogP contribution in [-0.4, -0.2) is 0 Å². The number of benzene rings is 2. The zero-order valence-electron chi connectivity index (χ0n) is 11.4. The number of aromatic nitrogens is 1. The molecule has 3 aliphatic rings. The third-order valence-corrected chi connectivity index (χ3v) is 4.86. The SMILES string of the molecule is [O-][n+]1ccc2c(c1)C1c3ccccc3C2c2ccccc21. The second-order valence-electron chi connectivity index (χ2n) is 5.84. The highest BCUT2D eigenvalue weighted by molar-refractivity contribution is 5.66. The summed E-state index contributed by atoms with van der Waals surface area (Å²) in [5.74, 6) is 0.456. The minimum atomic E-state index is 0.193. The average molecular weight is 271 g/mol. The largest absolute Gasteiger partial charge is 0.619 e. The Labute approximate surface area is 122 Å². The smallest absolute Gasteiger partial charge is 0.184 e. The second kappa shape index (κ2) is 3.73. The number of hydrogen-bond acceptors (Lipinski definition) is 1. The minimum Gasteiger partial charge on any atom is -0.619 e. The van der Waals surface area contributed by atoms with Crippen LogP contribution in [0.4, 0.5) is 0 Å². The van der Waals surface area contributed by atoms with E-state index < -0.39 is 0 Å². The van der Waals surface area contributed by atoms with Gasteiger partial charge in [-0.25, -0.2) is 0 Å². The van der Waals surface area contributed by atoms with Crippen LogP contribution in [0.2, 0.25) is 0 Å². The van der Waals surface area contributed by atoms with Crippen molar-refractivity contribution in [1.82, 2.24) is 0 Å². The zero-order chi connectivity index (χ0) is 14.0. The van der Waals surface area contributed by atoms with Gasteiger partial charge < -0.3 is 5.21 Å². The van der Waals surface area contributed by atoms with E-state index in [1.54, 1.807) is 12.4 Å². The topological polar surface area (TPSA) is 26.9 Å². The molecule has 2 heteroatoms. The first-order valence-electron chi connectivity index (χ1n) is 7.25. The van der Waals surface area contributed by atoms with Gasteiger partial charge >= 0.3 is 0 Å². The number of hydrogen-bond donors (Lipinski definition) is 0. The molecule has 3 aromatic rings. The second-order valence-corrected chi connectivity index (χ2v) is 5.84. The van der Waals surface area contributed by atoms with Crippen molar-refractivity contribution in [2.45, 2.75) is 11.8 Å². The summed E-state index contributed by atoms with van der Waals surface area (Å²) in [5, 5.41) is 11.8. The van der Waals surface area contributed by atoms with Crippen LogP contribution in [0, 0.1) is 5.21 Å². The normalized spacial score (nSPS) is 20.6. The van der Waals surface area contributed by atoms with E-state index >= 15 is 0 Å². The van der Waals surface area contributed by atoms with Crippen LogP contribution >= 0.6 is 0 Å². The lowest BCUT2D eigenvalue weighted by Gasteiger charge is -2.41. The maximum absolute atomic E-state index is 11.8. The predicted molar refractivity (Wildman–Crippen MR) is 80.2 cm³/mol. The average Bonchev–Trinajstić information content (AvgIpc) is 2.54. The number of rotatable bonds is 0. The minimum absolute atomic E-state index is 0.193. The first-order chi connectivity index (χ1) is 10.3. The molecular weight excluding hydrogens is 258 g/mol. The Bertz CT molecular complexity index is 837. The van der Waals surface area contributed by atoms with Crippen LogP contribution in [0.25, 0.3) is 0 Å². The van der Waals surface area contributed by atoms with Gasteiger partial charge in [-0.05, 0) is 27.8 Å². The zero-order valence-corrected chi connectivity index (χ0v) is 11.4. The first kappa shape index (κ1) is 11.1. The van der Waals surface area contributed by atoms with Crippen LogP contribution in [0.3, 0.4) is 0 Å². The Balaban J connectivity index is 1.92. The molecule has 0 aliphatic heterocycles. The Morgan fingerprint density at radius 3 is 1.57 bits per heavy atom. The maximum Gasteiger partial charge on any atom is 0.184 e. The van der Waals surface area contributed by atoms with Crippen molar-refractivity contribution in [3.8, 4) is 0 Å². The van der Waals surface area contributed by atoms with E-state index in [1.807, 2.05) is 6.07 Å². The first-order valence-corrected chi connectivity index (χ1v) is 7.25. The molecule has 1 aromatic heterocycles. The number of nitrogens with zero attached hydrogens (tertiary/aromatic N) is 1. The molecule has 2 nitrogen and oxygen atoms in total. The monoisotopic (exact) mass is 271 g/mol.